The van der Waals surface area contributed by atoms with E-state index >= 15 is 0 Å². The number of benzene rings is 3. The summed E-state index contributed by atoms with van der Waals surface area (Å²) in [6.45, 7) is 4.38. The van der Waals surface area contributed by atoms with Gasteiger partial charge in [0.05, 0.1) is 12.7 Å². The summed E-state index contributed by atoms with van der Waals surface area (Å²) in [5, 5.41) is 12.0. The molecule has 0 saturated heterocycles. The van der Waals surface area contributed by atoms with Crippen molar-refractivity contribution >= 4 is 23.4 Å². The highest BCUT2D eigenvalue weighted by atomic mass is 32.2. The molecule has 4 aromatic rings. The van der Waals surface area contributed by atoms with Crippen LogP contribution in [0.1, 0.15) is 10.8 Å². The third-order valence-corrected chi connectivity index (χ3v) is 6.22. The Morgan fingerprint density at radius 2 is 1.70 bits per heavy atom. The van der Waals surface area contributed by atoms with Crippen molar-refractivity contribution in [2.45, 2.75) is 17.0 Å². The molecule has 0 bridgehead atoms. The van der Waals surface area contributed by atoms with Crippen molar-refractivity contribution in [1.29, 1.82) is 0 Å². The van der Waals surface area contributed by atoms with Crippen molar-refractivity contribution < 1.29 is 9.53 Å². The predicted molar refractivity (Wildman–Crippen MR) is 132 cm³/mol. The van der Waals surface area contributed by atoms with Crippen LogP contribution in [0.25, 0.3) is 11.4 Å². The molecule has 3 aromatic carbocycles. The maximum Gasteiger partial charge on any atom is 0.242 e. The van der Waals surface area contributed by atoms with E-state index in [1.54, 1.807) is 13.2 Å². The number of nitrogens with one attached hydrogen (secondary N) is 1. The van der Waals surface area contributed by atoms with Gasteiger partial charge in [-0.05, 0) is 29.8 Å². The average molecular weight is 457 g/mol. The summed E-state index contributed by atoms with van der Waals surface area (Å²) in [4.78, 5) is 13.3. The molecular formula is C26H24N4O2S. The summed E-state index contributed by atoms with van der Waals surface area (Å²) in [7, 11) is 1.63. The van der Waals surface area contributed by atoms with Crippen LogP contribution in [0.3, 0.4) is 0 Å². The van der Waals surface area contributed by atoms with E-state index in [9.17, 15) is 4.79 Å². The second-order valence-electron chi connectivity index (χ2n) is 7.17. The normalized spacial score (nSPS) is 11.5. The largest absolute Gasteiger partial charge is 0.496 e. The van der Waals surface area contributed by atoms with Gasteiger partial charge in [-0.15, -0.1) is 16.8 Å². The van der Waals surface area contributed by atoms with Crippen LogP contribution < -0.4 is 10.1 Å². The number of aromatic nitrogens is 3. The average Bonchev–Trinajstić information content (AvgIpc) is 3.25. The van der Waals surface area contributed by atoms with Crippen LogP contribution in [0, 0.1) is 0 Å². The highest BCUT2D eigenvalue weighted by molar-refractivity contribution is 8.00. The minimum absolute atomic E-state index is 0.135. The van der Waals surface area contributed by atoms with Gasteiger partial charge in [-0.2, -0.15) is 0 Å². The fourth-order valence-corrected chi connectivity index (χ4v) is 4.48. The number of hydrogen-bond acceptors (Lipinski definition) is 5. The Morgan fingerprint density at radius 3 is 2.39 bits per heavy atom. The molecule has 1 N–H and O–H groups in total. The Labute approximate surface area is 197 Å². The Bertz CT molecular complexity index is 1230. The van der Waals surface area contributed by atoms with E-state index in [0.29, 0.717) is 23.3 Å². The highest BCUT2D eigenvalue weighted by Crippen LogP contribution is 2.38. The number of hydrogen-bond donors (Lipinski definition) is 1. The molecule has 0 saturated carbocycles. The van der Waals surface area contributed by atoms with E-state index in [0.717, 1.165) is 16.8 Å². The van der Waals surface area contributed by atoms with Crippen LogP contribution in [0.5, 0.6) is 5.75 Å². The first-order valence-corrected chi connectivity index (χ1v) is 11.3. The number of para-hydroxylation sites is 2. The van der Waals surface area contributed by atoms with E-state index in [1.807, 2.05) is 89.5 Å². The molecule has 1 atom stereocenters. The van der Waals surface area contributed by atoms with Crippen molar-refractivity contribution in [2.24, 2.45) is 0 Å². The molecule has 4 rings (SSSR count). The van der Waals surface area contributed by atoms with Crippen LogP contribution in [0.2, 0.25) is 0 Å². The SMILES string of the molecule is C=CCn1c(SC(C(=O)Nc2ccccc2)c2ccccc2)nnc1-c1ccccc1OC. The van der Waals surface area contributed by atoms with Crippen molar-refractivity contribution in [1.82, 2.24) is 14.8 Å². The van der Waals surface area contributed by atoms with Gasteiger partial charge in [0.15, 0.2) is 11.0 Å². The van der Waals surface area contributed by atoms with E-state index in [1.165, 1.54) is 11.8 Å². The van der Waals surface area contributed by atoms with Crippen molar-refractivity contribution in [3.05, 3.63) is 103 Å². The van der Waals surface area contributed by atoms with Gasteiger partial charge in [0.25, 0.3) is 0 Å². The minimum Gasteiger partial charge on any atom is -0.496 e. The van der Waals surface area contributed by atoms with Gasteiger partial charge in [0.2, 0.25) is 5.91 Å². The number of carbonyl (C=O) groups excluding carboxylic acids is 1. The number of allylic oxidation sites excluding steroid dienone is 1. The minimum atomic E-state index is -0.523. The maximum atomic E-state index is 13.3. The van der Waals surface area contributed by atoms with E-state index < -0.39 is 5.25 Å². The summed E-state index contributed by atoms with van der Waals surface area (Å²) >= 11 is 1.35. The summed E-state index contributed by atoms with van der Waals surface area (Å²) in [6.07, 6.45) is 1.79. The lowest BCUT2D eigenvalue weighted by molar-refractivity contribution is -0.115. The van der Waals surface area contributed by atoms with Gasteiger partial charge in [0.1, 0.15) is 11.0 Å². The Hall–Kier alpha value is -3.84. The first-order valence-electron chi connectivity index (χ1n) is 10.5. The topological polar surface area (TPSA) is 69.0 Å². The van der Waals surface area contributed by atoms with E-state index in [4.69, 9.17) is 4.74 Å². The molecular weight excluding hydrogens is 432 g/mol. The van der Waals surface area contributed by atoms with Crippen LogP contribution in [0.15, 0.2) is 103 Å². The standard InChI is InChI=1S/C26H24N4O2S/c1-3-18-30-24(21-16-10-11-17-22(21)32-2)28-29-26(30)33-23(19-12-6-4-7-13-19)25(31)27-20-14-8-5-9-15-20/h3-17,23H,1,18H2,2H3,(H,27,31). The summed E-state index contributed by atoms with van der Waals surface area (Å²) in [5.41, 5.74) is 2.44. The number of amides is 1. The number of anilines is 1. The fraction of sp³-hybridized carbons (Fsp3) is 0.115. The summed E-state index contributed by atoms with van der Waals surface area (Å²) in [6, 6.07) is 26.7. The Kier molecular flexibility index (Phi) is 7.22. The molecule has 0 radical (unpaired) electrons. The van der Waals surface area contributed by atoms with Crippen LogP contribution in [-0.4, -0.2) is 27.8 Å². The van der Waals surface area contributed by atoms with Gasteiger partial charge < -0.3 is 10.1 Å². The maximum absolute atomic E-state index is 13.3. The molecule has 0 aliphatic carbocycles. The van der Waals surface area contributed by atoms with Gasteiger partial charge >= 0.3 is 0 Å². The smallest absolute Gasteiger partial charge is 0.242 e. The van der Waals surface area contributed by atoms with Crippen LogP contribution in [-0.2, 0) is 11.3 Å². The number of thioether (sulfide) groups is 1. The third kappa shape index (κ3) is 5.15. The monoisotopic (exact) mass is 456 g/mol. The van der Waals surface area contributed by atoms with Gasteiger partial charge in [-0.3, -0.25) is 9.36 Å². The molecule has 0 spiro atoms. The molecule has 0 aliphatic heterocycles. The summed E-state index contributed by atoms with van der Waals surface area (Å²) in [5.74, 6) is 1.22. The molecule has 1 aromatic heterocycles. The van der Waals surface area contributed by atoms with E-state index in [2.05, 4.69) is 22.1 Å². The quantitative estimate of drug-likeness (QED) is 0.262. The lowest BCUT2D eigenvalue weighted by Crippen LogP contribution is -2.19. The zero-order valence-corrected chi connectivity index (χ0v) is 19.0. The summed E-state index contributed by atoms with van der Waals surface area (Å²) < 4.78 is 7.47. The molecule has 166 valence electrons. The van der Waals surface area contributed by atoms with Gasteiger partial charge in [-0.25, -0.2) is 0 Å². The first-order chi connectivity index (χ1) is 16.2. The van der Waals surface area contributed by atoms with Crippen molar-refractivity contribution in [3.8, 4) is 17.1 Å². The van der Waals surface area contributed by atoms with Gasteiger partial charge in [-0.1, -0.05) is 78.5 Å². The first kappa shape index (κ1) is 22.4. The number of carbonyl (C=O) groups is 1. The number of methoxy groups -OCH3 is 1. The zero-order chi connectivity index (χ0) is 23.0. The molecule has 6 nitrogen and oxygen atoms in total. The Balaban J connectivity index is 1.71. The van der Waals surface area contributed by atoms with Crippen LogP contribution in [0.4, 0.5) is 5.69 Å². The van der Waals surface area contributed by atoms with Gasteiger partial charge in [0, 0.05) is 12.2 Å². The molecule has 1 heterocycles. The van der Waals surface area contributed by atoms with Crippen molar-refractivity contribution in [2.75, 3.05) is 12.4 Å². The molecule has 0 fully saturated rings. The third-order valence-electron chi connectivity index (χ3n) is 4.98. The predicted octanol–water partition coefficient (Wildman–Crippen LogP) is 5.61. The van der Waals surface area contributed by atoms with Crippen molar-refractivity contribution in [3.63, 3.8) is 0 Å². The Morgan fingerprint density at radius 1 is 1.03 bits per heavy atom. The zero-order valence-electron chi connectivity index (χ0n) is 18.2. The molecule has 7 heteroatoms. The molecule has 1 amide bonds. The van der Waals surface area contributed by atoms with Crippen LogP contribution >= 0.6 is 11.8 Å². The second kappa shape index (κ2) is 10.7. The lowest BCUT2D eigenvalue weighted by atomic mass is 10.1. The fourth-order valence-electron chi connectivity index (χ4n) is 3.43. The molecule has 33 heavy (non-hydrogen) atoms. The number of nitrogens with zero attached hydrogens (tertiary/aromatic N) is 3. The molecule has 0 aliphatic rings. The lowest BCUT2D eigenvalue weighted by Gasteiger charge is -2.17. The highest BCUT2D eigenvalue weighted by Gasteiger charge is 2.26. The second-order valence-corrected chi connectivity index (χ2v) is 8.24. The number of ether oxygens (including phenoxy) is 1. The van der Waals surface area contributed by atoms with E-state index in [-0.39, 0.29) is 5.91 Å². The molecule has 1 unspecified atom stereocenters. The number of rotatable bonds is 9.